The third-order valence-electron chi connectivity index (χ3n) is 8.13. The number of ether oxygens (including phenoxy) is 2. The van der Waals surface area contributed by atoms with E-state index in [1.54, 1.807) is 7.11 Å². The van der Waals surface area contributed by atoms with E-state index < -0.39 is 5.92 Å². The van der Waals surface area contributed by atoms with Crippen LogP contribution in [0.5, 0.6) is 11.5 Å². The third-order valence-corrected chi connectivity index (χ3v) is 8.95. The molecule has 7 heteroatoms. The quantitative estimate of drug-likeness (QED) is 0.262. The molecule has 0 aromatic heterocycles. The van der Waals surface area contributed by atoms with Crippen LogP contribution in [0.3, 0.4) is 0 Å². The molecule has 3 aromatic carbocycles. The van der Waals surface area contributed by atoms with Crippen molar-refractivity contribution in [1.29, 1.82) is 0 Å². The standard InChI is InChI=1S/C34H31BrClNO4/c1-40-30-18-23(17-25(35)34(30)41-20-22-10-5-11-24(36)16-22)31-32-26(12-6-14-28(32)38)37(19-21-8-3-2-4-9-21)27-13-7-15-29(39)33(27)31/h2-5,8-11,16-18,31H,6-7,12-15,19-20H2,1H3. The normalized spacial score (nSPS) is 17.5. The zero-order chi connectivity index (χ0) is 28.5. The molecular weight excluding hydrogens is 602 g/mol. The lowest BCUT2D eigenvalue weighted by Gasteiger charge is -2.44. The van der Waals surface area contributed by atoms with E-state index in [1.807, 2.05) is 54.6 Å². The lowest BCUT2D eigenvalue weighted by Crippen LogP contribution is -2.38. The molecule has 1 aliphatic heterocycles. The highest BCUT2D eigenvalue weighted by molar-refractivity contribution is 9.10. The molecule has 5 nitrogen and oxygen atoms in total. The predicted octanol–water partition coefficient (Wildman–Crippen LogP) is 8.30. The van der Waals surface area contributed by atoms with Crippen molar-refractivity contribution in [2.24, 2.45) is 0 Å². The van der Waals surface area contributed by atoms with Gasteiger partial charge in [0.2, 0.25) is 0 Å². The van der Waals surface area contributed by atoms with Crippen molar-refractivity contribution in [3.63, 3.8) is 0 Å². The molecule has 210 valence electrons. The Morgan fingerprint density at radius 1 is 0.854 bits per heavy atom. The summed E-state index contributed by atoms with van der Waals surface area (Å²) < 4.78 is 12.7. The molecule has 3 aromatic rings. The smallest absolute Gasteiger partial charge is 0.175 e. The molecule has 0 saturated carbocycles. The number of carbonyl (C=O) groups is 2. The van der Waals surface area contributed by atoms with Crippen molar-refractivity contribution in [3.05, 3.63) is 115 Å². The van der Waals surface area contributed by atoms with E-state index in [4.69, 9.17) is 21.1 Å². The summed E-state index contributed by atoms with van der Waals surface area (Å²) in [4.78, 5) is 29.7. The van der Waals surface area contributed by atoms with Crippen molar-refractivity contribution in [3.8, 4) is 11.5 Å². The fourth-order valence-electron chi connectivity index (χ4n) is 6.34. The summed E-state index contributed by atoms with van der Waals surface area (Å²) in [6.07, 6.45) is 4.24. The summed E-state index contributed by atoms with van der Waals surface area (Å²) in [6, 6.07) is 21.7. The molecule has 2 aliphatic carbocycles. The maximum atomic E-state index is 13.7. The van der Waals surface area contributed by atoms with E-state index in [0.717, 1.165) is 64.9 Å². The van der Waals surface area contributed by atoms with Crippen LogP contribution < -0.4 is 9.47 Å². The number of hydrogen-bond donors (Lipinski definition) is 0. The summed E-state index contributed by atoms with van der Waals surface area (Å²) in [5, 5.41) is 0.647. The molecule has 3 aliphatic rings. The van der Waals surface area contributed by atoms with Crippen molar-refractivity contribution in [2.75, 3.05) is 7.11 Å². The Kier molecular flexibility index (Phi) is 8.05. The maximum absolute atomic E-state index is 13.7. The molecule has 41 heavy (non-hydrogen) atoms. The van der Waals surface area contributed by atoms with Crippen LogP contribution in [0.2, 0.25) is 5.02 Å². The number of carbonyl (C=O) groups excluding carboxylic acids is 2. The summed E-state index contributed by atoms with van der Waals surface area (Å²) in [5.41, 5.74) is 6.57. The fourth-order valence-corrected chi connectivity index (χ4v) is 7.12. The van der Waals surface area contributed by atoms with Gasteiger partial charge in [-0.15, -0.1) is 0 Å². The van der Waals surface area contributed by atoms with E-state index >= 15 is 0 Å². The molecule has 0 atom stereocenters. The van der Waals surface area contributed by atoms with Gasteiger partial charge in [0.25, 0.3) is 0 Å². The molecule has 0 unspecified atom stereocenters. The zero-order valence-electron chi connectivity index (χ0n) is 22.9. The second kappa shape index (κ2) is 11.9. The van der Waals surface area contributed by atoms with Crippen LogP contribution in [0.15, 0.2) is 93.7 Å². The first-order chi connectivity index (χ1) is 19.9. The Morgan fingerprint density at radius 2 is 1.51 bits per heavy atom. The summed E-state index contributed by atoms with van der Waals surface area (Å²) >= 11 is 9.87. The number of benzene rings is 3. The average Bonchev–Trinajstić information content (AvgIpc) is 2.97. The van der Waals surface area contributed by atoms with Crippen molar-refractivity contribution in [2.45, 2.75) is 57.6 Å². The lowest BCUT2D eigenvalue weighted by molar-refractivity contribution is -0.117. The van der Waals surface area contributed by atoms with E-state index in [-0.39, 0.29) is 11.6 Å². The maximum Gasteiger partial charge on any atom is 0.175 e. The number of ketones is 2. The number of hydrogen-bond acceptors (Lipinski definition) is 5. The molecular formula is C34H31BrClNO4. The molecule has 0 amide bonds. The second-order valence-electron chi connectivity index (χ2n) is 10.7. The van der Waals surface area contributed by atoms with Crippen LogP contribution in [0.1, 0.15) is 61.1 Å². The molecule has 0 fully saturated rings. The highest BCUT2D eigenvalue weighted by Gasteiger charge is 2.43. The van der Waals surface area contributed by atoms with E-state index in [0.29, 0.717) is 47.0 Å². The Morgan fingerprint density at radius 3 is 2.15 bits per heavy atom. The van der Waals surface area contributed by atoms with Gasteiger partial charge < -0.3 is 14.4 Å². The van der Waals surface area contributed by atoms with E-state index in [1.165, 1.54) is 0 Å². The Hall–Kier alpha value is -3.35. The van der Waals surface area contributed by atoms with Crippen LogP contribution in [0, 0.1) is 0 Å². The molecule has 0 saturated heterocycles. The lowest BCUT2D eigenvalue weighted by atomic mass is 9.71. The Labute approximate surface area is 253 Å². The number of nitrogens with zero attached hydrogens (tertiary/aromatic N) is 1. The van der Waals surface area contributed by atoms with Gasteiger partial charge in [-0.1, -0.05) is 54.1 Å². The number of allylic oxidation sites excluding steroid dienone is 4. The van der Waals surface area contributed by atoms with Crippen molar-refractivity contribution >= 4 is 39.1 Å². The third kappa shape index (κ3) is 5.47. The van der Waals surface area contributed by atoms with Crippen LogP contribution in [0.4, 0.5) is 0 Å². The topological polar surface area (TPSA) is 55.8 Å². The predicted molar refractivity (Wildman–Crippen MR) is 163 cm³/mol. The Balaban J connectivity index is 1.44. The largest absolute Gasteiger partial charge is 0.493 e. The first-order valence-corrected chi connectivity index (χ1v) is 15.2. The van der Waals surface area contributed by atoms with E-state index in [9.17, 15) is 9.59 Å². The number of rotatable bonds is 7. The first-order valence-electron chi connectivity index (χ1n) is 14.0. The average molecular weight is 633 g/mol. The minimum Gasteiger partial charge on any atom is -0.493 e. The molecule has 0 radical (unpaired) electrons. The van der Waals surface area contributed by atoms with Crippen LogP contribution in [-0.4, -0.2) is 23.6 Å². The summed E-state index contributed by atoms with van der Waals surface area (Å²) in [7, 11) is 1.60. The molecule has 0 bridgehead atoms. The van der Waals surface area contributed by atoms with Gasteiger partial charge >= 0.3 is 0 Å². The van der Waals surface area contributed by atoms with Gasteiger partial charge in [0.05, 0.1) is 11.6 Å². The van der Waals surface area contributed by atoms with Crippen molar-refractivity contribution < 1.29 is 19.1 Å². The van der Waals surface area contributed by atoms with Gasteiger partial charge in [0.15, 0.2) is 23.1 Å². The monoisotopic (exact) mass is 631 g/mol. The van der Waals surface area contributed by atoms with Gasteiger partial charge in [0.1, 0.15) is 6.61 Å². The number of Topliss-reactive ketones (excluding diaryl/α,β-unsaturated/α-hetero) is 2. The van der Waals surface area contributed by atoms with Gasteiger partial charge in [-0.05, 0) is 82.6 Å². The SMILES string of the molecule is COc1cc(C2C3=C(CCCC3=O)N(Cc3ccccc3)C3=C2C(=O)CCC3)cc(Br)c1OCc1cccc(Cl)c1. The summed E-state index contributed by atoms with van der Waals surface area (Å²) in [5.74, 6) is 0.913. The van der Waals surface area contributed by atoms with Crippen molar-refractivity contribution in [1.82, 2.24) is 4.90 Å². The minimum absolute atomic E-state index is 0.121. The molecule has 1 heterocycles. The Bertz CT molecular complexity index is 1530. The molecule has 0 N–H and O–H groups in total. The zero-order valence-corrected chi connectivity index (χ0v) is 25.3. The highest BCUT2D eigenvalue weighted by atomic mass is 79.9. The van der Waals surface area contributed by atoms with Crippen LogP contribution >= 0.6 is 27.5 Å². The number of halogens is 2. The van der Waals surface area contributed by atoms with Crippen LogP contribution in [0.25, 0.3) is 0 Å². The van der Waals surface area contributed by atoms with Crippen LogP contribution in [-0.2, 0) is 22.7 Å². The van der Waals surface area contributed by atoms with E-state index in [2.05, 4.69) is 33.0 Å². The highest BCUT2D eigenvalue weighted by Crippen LogP contribution is 2.51. The fraction of sp³-hybridized carbons (Fsp3) is 0.294. The number of methoxy groups -OCH3 is 1. The molecule has 6 rings (SSSR count). The summed E-state index contributed by atoms with van der Waals surface area (Å²) in [6.45, 7) is 0.962. The van der Waals surface area contributed by atoms with Gasteiger partial charge in [-0.2, -0.15) is 0 Å². The molecule has 0 spiro atoms. The van der Waals surface area contributed by atoms with Gasteiger partial charge in [-0.3, -0.25) is 9.59 Å². The van der Waals surface area contributed by atoms with Gasteiger partial charge in [0, 0.05) is 52.9 Å². The van der Waals surface area contributed by atoms with Gasteiger partial charge in [-0.25, -0.2) is 0 Å². The second-order valence-corrected chi connectivity index (χ2v) is 12.0. The first kappa shape index (κ1) is 27.8. The minimum atomic E-state index is -0.431.